The molecule has 0 aromatic rings. The van der Waals surface area contributed by atoms with Gasteiger partial charge < -0.3 is 18.9 Å². The lowest BCUT2D eigenvalue weighted by Crippen LogP contribution is -2.14. The van der Waals surface area contributed by atoms with Gasteiger partial charge in [0.1, 0.15) is 6.61 Å². The summed E-state index contributed by atoms with van der Waals surface area (Å²) in [6.45, 7) is 11.1. The molecule has 0 rings (SSSR count). The minimum absolute atomic E-state index is 0.244. The molecule has 0 atom stereocenters. The number of rotatable bonds is 27. The van der Waals surface area contributed by atoms with Gasteiger partial charge in [-0.25, -0.2) is 4.79 Å². The van der Waals surface area contributed by atoms with Crippen LogP contribution < -0.4 is 0 Å². The lowest BCUT2D eigenvalue weighted by Gasteiger charge is -2.07. The van der Waals surface area contributed by atoms with Gasteiger partial charge >= 0.3 is 5.97 Å². The zero-order chi connectivity index (χ0) is 24.2. The summed E-state index contributed by atoms with van der Waals surface area (Å²) in [5, 5.41) is 0. The van der Waals surface area contributed by atoms with Gasteiger partial charge in [-0.2, -0.15) is 0 Å². The third-order valence-electron chi connectivity index (χ3n) is 5.70. The molecular weight excluding hydrogens is 416 g/mol. The predicted molar refractivity (Wildman–Crippen MR) is 138 cm³/mol. The van der Waals surface area contributed by atoms with Crippen molar-refractivity contribution < 1.29 is 23.7 Å². The molecule has 0 aliphatic heterocycles. The number of unbranched alkanes of at least 4 members (excludes halogenated alkanes) is 15. The second-order valence-corrected chi connectivity index (χ2v) is 9.06. The smallest absolute Gasteiger partial charge is 0.333 e. The lowest BCUT2D eigenvalue weighted by atomic mass is 10.0. The van der Waals surface area contributed by atoms with Crippen molar-refractivity contribution in [2.75, 3.05) is 46.2 Å². The van der Waals surface area contributed by atoms with E-state index in [0.29, 0.717) is 38.6 Å². The third kappa shape index (κ3) is 27.2. The van der Waals surface area contributed by atoms with Gasteiger partial charge in [-0.1, -0.05) is 110 Å². The summed E-state index contributed by atoms with van der Waals surface area (Å²) in [5.74, 6) is -0.378. The quantitative estimate of drug-likeness (QED) is 0.0710. The molecule has 0 heterocycles. The number of hydrogen-bond donors (Lipinski definition) is 0. The Bertz CT molecular complexity index is 425. The van der Waals surface area contributed by atoms with Crippen LogP contribution in [0.15, 0.2) is 12.2 Å². The van der Waals surface area contributed by atoms with E-state index in [1.165, 1.54) is 96.3 Å². The first-order valence-electron chi connectivity index (χ1n) is 13.7. The van der Waals surface area contributed by atoms with E-state index in [0.717, 1.165) is 13.0 Å². The largest absolute Gasteiger partial charge is 0.460 e. The van der Waals surface area contributed by atoms with E-state index >= 15 is 0 Å². The Morgan fingerprint density at radius 2 is 0.848 bits per heavy atom. The van der Waals surface area contributed by atoms with Crippen LogP contribution in [0.4, 0.5) is 0 Å². The predicted octanol–water partition coefficient (Wildman–Crippen LogP) is 7.42. The minimum Gasteiger partial charge on any atom is -0.460 e. The zero-order valence-corrected chi connectivity index (χ0v) is 22.0. The summed E-state index contributed by atoms with van der Waals surface area (Å²) in [5.41, 5.74) is 0.401. The standard InChI is InChI=1S/C28H54O5/c1-4-5-6-7-8-9-10-11-12-13-14-15-16-17-18-19-20-30-21-22-31-23-24-32-25-26-33-28(29)27(2)3/h2,4-26H2,1,3H3. The van der Waals surface area contributed by atoms with Crippen LogP contribution in [0.25, 0.3) is 0 Å². The third-order valence-corrected chi connectivity index (χ3v) is 5.70. The van der Waals surface area contributed by atoms with Gasteiger partial charge in [0.05, 0.1) is 33.0 Å². The normalized spacial score (nSPS) is 11.1. The Morgan fingerprint density at radius 3 is 1.24 bits per heavy atom. The summed E-state index contributed by atoms with van der Waals surface area (Å²) in [6.07, 6.45) is 22.2. The summed E-state index contributed by atoms with van der Waals surface area (Å²) in [7, 11) is 0. The number of esters is 1. The highest BCUT2D eigenvalue weighted by Gasteiger charge is 2.01. The molecule has 0 aliphatic rings. The molecule has 0 amide bonds. The van der Waals surface area contributed by atoms with E-state index in [1.54, 1.807) is 6.92 Å². The Kier molecular flexibility index (Phi) is 26.6. The molecule has 5 heteroatoms. The second kappa shape index (κ2) is 27.3. The number of carbonyl (C=O) groups is 1. The molecule has 0 bridgehead atoms. The molecule has 196 valence electrons. The Morgan fingerprint density at radius 1 is 0.515 bits per heavy atom. The fourth-order valence-corrected chi connectivity index (χ4v) is 3.61. The van der Waals surface area contributed by atoms with Crippen molar-refractivity contribution in [3.63, 3.8) is 0 Å². The van der Waals surface area contributed by atoms with Gasteiger partial charge in [0.25, 0.3) is 0 Å². The van der Waals surface area contributed by atoms with Gasteiger partial charge in [0, 0.05) is 12.2 Å². The molecule has 33 heavy (non-hydrogen) atoms. The molecule has 0 fully saturated rings. The number of hydrogen-bond acceptors (Lipinski definition) is 5. The van der Waals surface area contributed by atoms with Gasteiger partial charge in [0.2, 0.25) is 0 Å². The molecule has 0 aromatic heterocycles. The minimum atomic E-state index is -0.378. The maximum atomic E-state index is 11.2. The fourth-order valence-electron chi connectivity index (χ4n) is 3.61. The van der Waals surface area contributed by atoms with Crippen molar-refractivity contribution in [1.29, 1.82) is 0 Å². The molecule has 0 saturated heterocycles. The van der Waals surface area contributed by atoms with Crippen molar-refractivity contribution in [3.05, 3.63) is 12.2 Å². The highest BCUT2D eigenvalue weighted by atomic mass is 16.6. The molecule has 0 aliphatic carbocycles. The van der Waals surface area contributed by atoms with Crippen molar-refractivity contribution in [2.45, 2.75) is 117 Å². The highest BCUT2D eigenvalue weighted by Crippen LogP contribution is 2.13. The van der Waals surface area contributed by atoms with Crippen LogP contribution in [0.2, 0.25) is 0 Å². The molecule has 0 N–H and O–H groups in total. The van der Waals surface area contributed by atoms with Crippen LogP contribution in [0.3, 0.4) is 0 Å². The van der Waals surface area contributed by atoms with Gasteiger partial charge in [-0.15, -0.1) is 0 Å². The highest BCUT2D eigenvalue weighted by molar-refractivity contribution is 5.86. The fraction of sp³-hybridized carbons (Fsp3) is 0.893. The van der Waals surface area contributed by atoms with Crippen LogP contribution in [0, 0.1) is 0 Å². The van der Waals surface area contributed by atoms with Crippen LogP contribution in [-0.2, 0) is 23.7 Å². The van der Waals surface area contributed by atoms with Crippen molar-refractivity contribution in [2.24, 2.45) is 0 Å². The van der Waals surface area contributed by atoms with Gasteiger partial charge in [0.15, 0.2) is 0 Å². The summed E-state index contributed by atoms with van der Waals surface area (Å²) in [4.78, 5) is 11.2. The molecule has 0 unspecified atom stereocenters. The topological polar surface area (TPSA) is 54.0 Å². The maximum absolute atomic E-state index is 11.2. The molecule has 0 saturated carbocycles. The van der Waals surface area contributed by atoms with Crippen LogP contribution in [0.1, 0.15) is 117 Å². The summed E-state index contributed by atoms with van der Waals surface area (Å²) < 4.78 is 21.3. The number of ether oxygens (including phenoxy) is 4. The molecule has 0 aromatic carbocycles. The molecule has 0 radical (unpaired) electrons. The summed E-state index contributed by atoms with van der Waals surface area (Å²) >= 11 is 0. The van der Waals surface area contributed by atoms with Crippen molar-refractivity contribution in [3.8, 4) is 0 Å². The van der Waals surface area contributed by atoms with E-state index in [4.69, 9.17) is 18.9 Å². The first kappa shape index (κ1) is 32.1. The van der Waals surface area contributed by atoms with E-state index in [9.17, 15) is 4.79 Å². The first-order valence-corrected chi connectivity index (χ1v) is 13.7. The number of carbonyl (C=O) groups excluding carboxylic acids is 1. The van der Waals surface area contributed by atoms with Crippen molar-refractivity contribution in [1.82, 2.24) is 0 Å². The molecular formula is C28H54O5. The second-order valence-electron chi connectivity index (χ2n) is 9.06. The maximum Gasteiger partial charge on any atom is 0.333 e. The van der Waals surface area contributed by atoms with Gasteiger partial charge in [-0.3, -0.25) is 0 Å². The SMILES string of the molecule is C=C(C)C(=O)OCCOCCOCCOCCCCCCCCCCCCCCCCCC. The Balaban J connectivity index is 3.05. The van der Waals surface area contributed by atoms with E-state index in [2.05, 4.69) is 13.5 Å². The van der Waals surface area contributed by atoms with E-state index in [1.807, 2.05) is 0 Å². The van der Waals surface area contributed by atoms with E-state index < -0.39 is 0 Å². The van der Waals surface area contributed by atoms with Crippen molar-refractivity contribution >= 4 is 5.97 Å². The zero-order valence-electron chi connectivity index (χ0n) is 22.0. The monoisotopic (exact) mass is 470 g/mol. The molecule has 0 spiro atoms. The lowest BCUT2D eigenvalue weighted by molar-refractivity contribution is -0.140. The van der Waals surface area contributed by atoms with Crippen LogP contribution in [0.5, 0.6) is 0 Å². The average molecular weight is 471 g/mol. The van der Waals surface area contributed by atoms with Gasteiger partial charge in [-0.05, 0) is 13.3 Å². The summed E-state index contributed by atoms with van der Waals surface area (Å²) in [6, 6.07) is 0. The van der Waals surface area contributed by atoms with Crippen LogP contribution >= 0.6 is 0 Å². The first-order chi connectivity index (χ1) is 16.2. The van der Waals surface area contributed by atoms with E-state index in [-0.39, 0.29) is 12.6 Å². The molecule has 5 nitrogen and oxygen atoms in total. The van der Waals surface area contributed by atoms with Crippen LogP contribution in [-0.4, -0.2) is 52.2 Å². The Hall–Kier alpha value is -0.910. The average Bonchev–Trinajstić information content (AvgIpc) is 2.81. The Labute approximate surface area is 205 Å².